The molecule has 2 aromatic rings. The van der Waals surface area contributed by atoms with E-state index in [1.165, 1.54) is 16.7 Å². The first-order chi connectivity index (χ1) is 10.2. The van der Waals surface area contributed by atoms with Crippen LogP contribution in [0, 0.1) is 6.92 Å². The van der Waals surface area contributed by atoms with Gasteiger partial charge in [-0.2, -0.15) is 0 Å². The molecule has 1 N–H and O–H groups in total. The summed E-state index contributed by atoms with van der Waals surface area (Å²) in [5.74, 6) is 1.95. The molecule has 0 amide bonds. The topological polar surface area (TPSA) is 30.5 Å². The third-order valence-electron chi connectivity index (χ3n) is 4.09. The maximum Gasteiger partial charge on any atom is 0.122 e. The Kier molecular flexibility index (Phi) is 3.84. The Balaban J connectivity index is 1.96. The SMILES string of the molecule is CNC(c1ccc(OC)c(C)c1)c1ccc2c(c1)CCO2. The van der Waals surface area contributed by atoms with E-state index in [2.05, 4.69) is 42.6 Å². The van der Waals surface area contributed by atoms with Crippen LogP contribution >= 0.6 is 0 Å². The van der Waals surface area contributed by atoms with Gasteiger partial charge in [0.05, 0.1) is 19.8 Å². The van der Waals surface area contributed by atoms with E-state index in [4.69, 9.17) is 9.47 Å². The van der Waals surface area contributed by atoms with Gasteiger partial charge in [0.25, 0.3) is 0 Å². The zero-order valence-corrected chi connectivity index (χ0v) is 12.8. The van der Waals surface area contributed by atoms with Crippen molar-refractivity contribution in [3.05, 3.63) is 58.7 Å². The number of nitrogens with one attached hydrogen (secondary N) is 1. The van der Waals surface area contributed by atoms with E-state index in [-0.39, 0.29) is 6.04 Å². The van der Waals surface area contributed by atoms with Crippen molar-refractivity contribution in [1.29, 1.82) is 0 Å². The molecule has 3 heteroatoms. The molecule has 1 heterocycles. The predicted molar refractivity (Wildman–Crippen MR) is 84.3 cm³/mol. The predicted octanol–water partition coefficient (Wildman–Crippen LogP) is 3.25. The summed E-state index contributed by atoms with van der Waals surface area (Å²) in [6.45, 7) is 2.87. The smallest absolute Gasteiger partial charge is 0.122 e. The van der Waals surface area contributed by atoms with Crippen LogP contribution in [0.1, 0.15) is 28.3 Å². The van der Waals surface area contributed by atoms with Gasteiger partial charge in [0.1, 0.15) is 11.5 Å². The molecule has 1 aliphatic heterocycles. The maximum atomic E-state index is 5.58. The van der Waals surface area contributed by atoms with Crippen molar-refractivity contribution in [2.45, 2.75) is 19.4 Å². The van der Waals surface area contributed by atoms with Crippen LogP contribution in [-0.4, -0.2) is 20.8 Å². The van der Waals surface area contributed by atoms with Crippen LogP contribution in [0.2, 0.25) is 0 Å². The first-order valence-electron chi connectivity index (χ1n) is 7.30. The van der Waals surface area contributed by atoms with Gasteiger partial charge in [-0.3, -0.25) is 0 Å². The van der Waals surface area contributed by atoms with E-state index in [0.29, 0.717) is 0 Å². The lowest BCUT2D eigenvalue weighted by atomic mass is 9.95. The highest BCUT2D eigenvalue weighted by molar-refractivity contribution is 5.45. The number of methoxy groups -OCH3 is 1. The minimum atomic E-state index is 0.181. The second kappa shape index (κ2) is 5.78. The van der Waals surface area contributed by atoms with Crippen LogP contribution in [0.4, 0.5) is 0 Å². The Morgan fingerprint density at radius 3 is 2.62 bits per heavy atom. The third-order valence-corrected chi connectivity index (χ3v) is 4.09. The molecule has 1 atom stereocenters. The zero-order chi connectivity index (χ0) is 14.8. The van der Waals surface area contributed by atoms with E-state index >= 15 is 0 Å². The minimum Gasteiger partial charge on any atom is -0.496 e. The van der Waals surface area contributed by atoms with Crippen LogP contribution in [0.3, 0.4) is 0 Å². The molecule has 0 fully saturated rings. The van der Waals surface area contributed by atoms with Gasteiger partial charge in [-0.15, -0.1) is 0 Å². The number of aryl methyl sites for hydroxylation is 1. The first kappa shape index (κ1) is 14.0. The van der Waals surface area contributed by atoms with Gasteiger partial charge in [-0.05, 0) is 48.4 Å². The number of ether oxygens (including phenoxy) is 2. The van der Waals surface area contributed by atoms with Crippen molar-refractivity contribution in [3.8, 4) is 11.5 Å². The zero-order valence-electron chi connectivity index (χ0n) is 12.8. The van der Waals surface area contributed by atoms with Gasteiger partial charge in [0.2, 0.25) is 0 Å². The largest absolute Gasteiger partial charge is 0.496 e. The summed E-state index contributed by atoms with van der Waals surface area (Å²) in [6.07, 6.45) is 1.00. The molecule has 0 aromatic heterocycles. The summed E-state index contributed by atoms with van der Waals surface area (Å²) in [6, 6.07) is 13.0. The highest BCUT2D eigenvalue weighted by atomic mass is 16.5. The van der Waals surface area contributed by atoms with E-state index in [1.54, 1.807) is 7.11 Å². The van der Waals surface area contributed by atoms with E-state index in [9.17, 15) is 0 Å². The average molecular weight is 283 g/mol. The molecule has 3 rings (SSSR count). The highest BCUT2D eigenvalue weighted by Gasteiger charge is 2.17. The number of hydrogen-bond acceptors (Lipinski definition) is 3. The summed E-state index contributed by atoms with van der Waals surface area (Å²) in [5.41, 5.74) is 4.97. The summed E-state index contributed by atoms with van der Waals surface area (Å²) in [4.78, 5) is 0. The van der Waals surface area contributed by atoms with E-state index < -0.39 is 0 Å². The molecular weight excluding hydrogens is 262 g/mol. The molecule has 2 aromatic carbocycles. The van der Waals surface area contributed by atoms with Crippen LogP contribution in [-0.2, 0) is 6.42 Å². The van der Waals surface area contributed by atoms with Crippen molar-refractivity contribution in [2.75, 3.05) is 20.8 Å². The lowest BCUT2D eigenvalue weighted by Gasteiger charge is -2.19. The average Bonchev–Trinajstić information content (AvgIpc) is 2.96. The summed E-state index contributed by atoms with van der Waals surface area (Å²) >= 11 is 0. The molecule has 1 unspecified atom stereocenters. The van der Waals surface area contributed by atoms with Crippen molar-refractivity contribution in [3.63, 3.8) is 0 Å². The second-order valence-corrected chi connectivity index (χ2v) is 5.42. The minimum absolute atomic E-state index is 0.181. The number of hydrogen-bond donors (Lipinski definition) is 1. The Morgan fingerprint density at radius 2 is 1.90 bits per heavy atom. The van der Waals surface area contributed by atoms with Gasteiger partial charge in [-0.25, -0.2) is 0 Å². The summed E-state index contributed by atoms with van der Waals surface area (Å²) in [7, 11) is 3.70. The molecule has 0 saturated carbocycles. The monoisotopic (exact) mass is 283 g/mol. The molecule has 3 nitrogen and oxygen atoms in total. The van der Waals surface area contributed by atoms with Crippen LogP contribution in [0.15, 0.2) is 36.4 Å². The molecule has 0 aliphatic carbocycles. The van der Waals surface area contributed by atoms with Crippen molar-refractivity contribution in [1.82, 2.24) is 5.32 Å². The summed E-state index contributed by atoms with van der Waals surface area (Å²) in [5, 5.41) is 3.41. The van der Waals surface area contributed by atoms with Gasteiger partial charge in [0.15, 0.2) is 0 Å². The highest BCUT2D eigenvalue weighted by Crippen LogP contribution is 2.31. The van der Waals surface area contributed by atoms with Crippen LogP contribution < -0.4 is 14.8 Å². The van der Waals surface area contributed by atoms with Crippen LogP contribution in [0.5, 0.6) is 11.5 Å². The fourth-order valence-electron chi connectivity index (χ4n) is 2.99. The lowest BCUT2D eigenvalue weighted by Crippen LogP contribution is -2.18. The Morgan fingerprint density at radius 1 is 1.14 bits per heavy atom. The lowest BCUT2D eigenvalue weighted by molar-refractivity contribution is 0.357. The molecule has 0 radical (unpaired) electrons. The van der Waals surface area contributed by atoms with E-state index in [0.717, 1.165) is 30.1 Å². The standard InChI is InChI=1S/C18H21NO2/c1-12-10-14(4-6-16(12)20-3)18(19-2)15-5-7-17-13(11-15)8-9-21-17/h4-7,10-11,18-19H,8-9H2,1-3H3. The van der Waals surface area contributed by atoms with Crippen molar-refractivity contribution >= 4 is 0 Å². The summed E-state index contributed by atoms with van der Waals surface area (Å²) < 4.78 is 10.9. The maximum absolute atomic E-state index is 5.58. The fourth-order valence-corrected chi connectivity index (χ4v) is 2.99. The van der Waals surface area contributed by atoms with Gasteiger partial charge < -0.3 is 14.8 Å². The van der Waals surface area contributed by atoms with Crippen molar-refractivity contribution in [2.24, 2.45) is 0 Å². The Hall–Kier alpha value is -2.00. The first-order valence-corrected chi connectivity index (χ1v) is 7.30. The van der Waals surface area contributed by atoms with Gasteiger partial charge in [-0.1, -0.05) is 24.3 Å². The van der Waals surface area contributed by atoms with Crippen molar-refractivity contribution < 1.29 is 9.47 Å². The third kappa shape index (κ3) is 2.61. The Bertz CT molecular complexity index is 652. The molecule has 0 bridgehead atoms. The molecule has 0 spiro atoms. The molecule has 1 aliphatic rings. The quantitative estimate of drug-likeness (QED) is 0.934. The normalized spacial score (nSPS) is 14.4. The number of rotatable bonds is 4. The van der Waals surface area contributed by atoms with E-state index in [1.807, 2.05) is 13.1 Å². The molecule has 21 heavy (non-hydrogen) atoms. The fraction of sp³-hybridized carbons (Fsp3) is 0.333. The number of benzene rings is 2. The number of fused-ring (bicyclic) bond motifs is 1. The molecule has 0 saturated heterocycles. The van der Waals surface area contributed by atoms with Gasteiger partial charge in [0, 0.05) is 6.42 Å². The molecule has 110 valence electrons. The molecular formula is C18H21NO2. The van der Waals surface area contributed by atoms with Gasteiger partial charge >= 0.3 is 0 Å². The van der Waals surface area contributed by atoms with Crippen LogP contribution in [0.25, 0.3) is 0 Å². The Labute approximate surface area is 125 Å². The second-order valence-electron chi connectivity index (χ2n) is 5.42.